The number of hydrogen-bond acceptors (Lipinski definition) is 6. The Kier molecular flexibility index (Phi) is 8.00. The number of nitrogens with zero attached hydrogens (tertiary/aromatic N) is 3. The van der Waals surface area contributed by atoms with E-state index in [1.54, 1.807) is 24.3 Å². The number of piperazine rings is 1. The molecule has 3 amide bonds. The third-order valence-electron chi connectivity index (χ3n) is 6.97. The molecule has 0 saturated carbocycles. The van der Waals surface area contributed by atoms with Crippen molar-refractivity contribution in [1.29, 1.82) is 0 Å². The summed E-state index contributed by atoms with van der Waals surface area (Å²) in [5.74, 6) is 0.537. The molecule has 1 N–H and O–H groups in total. The molecule has 0 radical (unpaired) electrons. The van der Waals surface area contributed by atoms with Crippen LogP contribution >= 0.6 is 0 Å². The fourth-order valence-electron chi connectivity index (χ4n) is 4.76. The first-order chi connectivity index (χ1) is 19.4. The van der Waals surface area contributed by atoms with Crippen molar-refractivity contribution in [2.45, 2.75) is 6.92 Å². The molecule has 2 aliphatic rings. The first-order valence-corrected chi connectivity index (χ1v) is 13.2. The molecule has 3 aromatic rings. The molecule has 2 heterocycles. The van der Waals surface area contributed by atoms with E-state index in [0.29, 0.717) is 41.4 Å². The monoisotopic (exact) mass is 540 g/mol. The highest BCUT2D eigenvalue weighted by Crippen LogP contribution is 2.32. The molecule has 0 bridgehead atoms. The van der Waals surface area contributed by atoms with E-state index in [-0.39, 0.29) is 37.6 Å². The van der Waals surface area contributed by atoms with Gasteiger partial charge in [0.25, 0.3) is 11.8 Å². The SMILES string of the molecule is C=CCN(CC(=O)Nc1ccc(N2CCN(C(=O)c3ccc(C)cc3)CC2)cc1)C(=O)c1ccc2c(c1)OCO2. The van der Waals surface area contributed by atoms with Crippen LogP contribution in [-0.4, -0.2) is 73.6 Å². The van der Waals surface area contributed by atoms with Crippen LogP contribution in [0.3, 0.4) is 0 Å². The van der Waals surface area contributed by atoms with E-state index in [4.69, 9.17) is 9.47 Å². The fraction of sp³-hybridized carbons (Fsp3) is 0.258. The molecule has 1 saturated heterocycles. The Bertz CT molecular complexity index is 1400. The number of amides is 3. The van der Waals surface area contributed by atoms with Crippen molar-refractivity contribution in [2.75, 3.05) is 56.3 Å². The van der Waals surface area contributed by atoms with Gasteiger partial charge in [-0.2, -0.15) is 0 Å². The largest absolute Gasteiger partial charge is 0.454 e. The fourth-order valence-corrected chi connectivity index (χ4v) is 4.76. The maximum absolute atomic E-state index is 13.1. The number of nitrogens with one attached hydrogen (secondary N) is 1. The molecule has 0 unspecified atom stereocenters. The van der Waals surface area contributed by atoms with Crippen molar-refractivity contribution in [3.63, 3.8) is 0 Å². The minimum Gasteiger partial charge on any atom is -0.454 e. The molecule has 0 atom stereocenters. The second kappa shape index (κ2) is 11.9. The standard InChI is InChI=1S/C31H32N4O5/c1-3-14-35(31(38)24-8-13-27-28(19-24)40-21-39-27)20-29(36)32-25-9-11-26(12-10-25)33-15-17-34(18-16-33)30(37)23-6-4-22(2)5-7-23/h3-13,19H,1,14-18,20-21H2,2H3,(H,32,36). The van der Waals surface area contributed by atoms with Crippen molar-refractivity contribution in [1.82, 2.24) is 9.80 Å². The van der Waals surface area contributed by atoms with Crippen molar-refractivity contribution in [2.24, 2.45) is 0 Å². The normalized spacial score (nSPS) is 14.0. The van der Waals surface area contributed by atoms with Gasteiger partial charge in [-0.05, 0) is 61.5 Å². The predicted octanol–water partition coefficient (Wildman–Crippen LogP) is 3.95. The van der Waals surface area contributed by atoms with E-state index in [9.17, 15) is 14.4 Å². The van der Waals surface area contributed by atoms with Crippen LogP contribution in [0, 0.1) is 6.92 Å². The number of rotatable bonds is 8. The number of ether oxygens (including phenoxy) is 2. The van der Waals surface area contributed by atoms with Gasteiger partial charge in [0, 0.05) is 55.2 Å². The molecular weight excluding hydrogens is 508 g/mol. The number of anilines is 2. The molecule has 206 valence electrons. The topological polar surface area (TPSA) is 91.4 Å². The lowest BCUT2D eigenvalue weighted by atomic mass is 10.1. The first-order valence-electron chi connectivity index (χ1n) is 13.2. The summed E-state index contributed by atoms with van der Waals surface area (Å²) in [4.78, 5) is 44.2. The highest BCUT2D eigenvalue weighted by Gasteiger charge is 2.23. The summed E-state index contributed by atoms with van der Waals surface area (Å²) < 4.78 is 10.7. The summed E-state index contributed by atoms with van der Waals surface area (Å²) in [7, 11) is 0. The minimum absolute atomic E-state index is 0.0558. The van der Waals surface area contributed by atoms with Gasteiger partial charge < -0.3 is 29.5 Å². The minimum atomic E-state index is -0.313. The zero-order valence-corrected chi connectivity index (χ0v) is 22.5. The van der Waals surface area contributed by atoms with E-state index in [1.807, 2.05) is 60.4 Å². The number of aryl methyl sites for hydroxylation is 1. The van der Waals surface area contributed by atoms with Crippen molar-refractivity contribution >= 4 is 29.1 Å². The van der Waals surface area contributed by atoms with Crippen molar-refractivity contribution < 1.29 is 23.9 Å². The van der Waals surface area contributed by atoms with Crippen LogP contribution in [0.5, 0.6) is 11.5 Å². The maximum Gasteiger partial charge on any atom is 0.254 e. The second-order valence-corrected chi connectivity index (χ2v) is 9.78. The van der Waals surface area contributed by atoms with Crippen molar-refractivity contribution in [3.05, 3.63) is 96.1 Å². The Balaban J connectivity index is 1.14. The number of carbonyl (C=O) groups is 3. The highest BCUT2D eigenvalue weighted by atomic mass is 16.7. The Morgan fingerprint density at radius 2 is 1.57 bits per heavy atom. The van der Waals surface area contributed by atoms with Gasteiger partial charge >= 0.3 is 0 Å². The lowest BCUT2D eigenvalue weighted by Crippen LogP contribution is -2.48. The van der Waals surface area contributed by atoms with Crippen LogP contribution in [0.1, 0.15) is 26.3 Å². The zero-order chi connectivity index (χ0) is 28.1. The molecular formula is C31H32N4O5. The lowest BCUT2D eigenvalue weighted by molar-refractivity contribution is -0.116. The van der Waals surface area contributed by atoms with E-state index >= 15 is 0 Å². The predicted molar refractivity (Wildman–Crippen MR) is 153 cm³/mol. The Morgan fingerprint density at radius 1 is 0.900 bits per heavy atom. The van der Waals surface area contributed by atoms with Crippen molar-refractivity contribution in [3.8, 4) is 11.5 Å². The summed E-state index contributed by atoms with van der Waals surface area (Å²) >= 11 is 0. The molecule has 3 aromatic carbocycles. The molecule has 0 aromatic heterocycles. The lowest BCUT2D eigenvalue weighted by Gasteiger charge is -2.36. The van der Waals surface area contributed by atoms with Crippen LogP contribution in [0.4, 0.5) is 11.4 Å². The zero-order valence-electron chi connectivity index (χ0n) is 22.5. The molecule has 0 aliphatic carbocycles. The number of fused-ring (bicyclic) bond motifs is 1. The van der Waals surface area contributed by atoms with Gasteiger partial charge in [-0.3, -0.25) is 14.4 Å². The molecule has 2 aliphatic heterocycles. The molecule has 5 rings (SSSR count). The Labute approximate surface area is 233 Å². The van der Waals surface area contributed by atoms with Gasteiger partial charge in [-0.1, -0.05) is 23.8 Å². The third-order valence-corrected chi connectivity index (χ3v) is 6.97. The van der Waals surface area contributed by atoms with E-state index in [0.717, 1.165) is 24.3 Å². The van der Waals surface area contributed by atoms with Gasteiger partial charge in [-0.25, -0.2) is 0 Å². The van der Waals surface area contributed by atoms with Crippen LogP contribution in [-0.2, 0) is 4.79 Å². The third kappa shape index (κ3) is 6.09. The van der Waals surface area contributed by atoms with Gasteiger partial charge in [0.05, 0.1) is 0 Å². The van der Waals surface area contributed by atoms with E-state index in [1.165, 1.54) is 4.90 Å². The Morgan fingerprint density at radius 3 is 2.27 bits per heavy atom. The number of benzene rings is 3. The summed E-state index contributed by atoms with van der Waals surface area (Å²) in [6.07, 6.45) is 1.58. The highest BCUT2D eigenvalue weighted by molar-refractivity contribution is 6.00. The van der Waals surface area contributed by atoms with Gasteiger partial charge in [0.1, 0.15) is 6.54 Å². The van der Waals surface area contributed by atoms with Crippen LogP contribution in [0.25, 0.3) is 0 Å². The summed E-state index contributed by atoms with van der Waals surface area (Å²) in [6.45, 7) is 8.66. The molecule has 1 fully saturated rings. The number of carbonyl (C=O) groups excluding carboxylic acids is 3. The smallest absolute Gasteiger partial charge is 0.254 e. The average Bonchev–Trinajstić information content (AvgIpc) is 3.45. The summed E-state index contributed by atoms with van der Waals surface area (Å²) in [5, 5.41) is 2.87. The van der Waals surface area contributed by atoms with Gasteiger partial charge in [-0.15, -0.1) is 6.58 Å². The van der Waals surface area contributed by atoms with Gasteiger partial charge in [0.2, 0.25) is 12.7 Å². The first kappa shape index (κ1) is 26.8. The Hall–Kier alpha value is -4.79. The van der Waals surface area contributed by atoms with E-state index in [2.05, 4.69) is 16.8 Å². The number of hydrogen-bond donors (Lipinski definition) is 1. The maximum atomic E-state index is 13.1. The average molecular weight is 541 g/mol. The summed E-state index contributed by atoms with van der Waals surface area (Å²) in [5.41, 5.74) is 3.90. The van der Waals surface area contributed by atoms with E-state index < -0.39 is 0 Å². The van der Waals surface area contributed by atoms with Crippen LogP contribution < -0.4 is 19.7 Å². The second-order valence-electron chi connectivity index (χ2n) is 9.78. The van der Waals surface area contributed by atoms with Gasteiger partial charge in [0.15, 0.2) is 11.5 Å². The summed E-state index contributed by atoms with van der Waals surface area (Å²) in [6, 6.07) is 20.2. The molecule has 40 heavy (non-hydrogen) atoms. The molecule has 0 spiro atoms. The van der Waals surface area contributed by atoms with Crippen LogP contribution in [0.15, 0.2) is 79.4 Å². The van der Waals surface area contributed by atoms with Crippen LogP contribution in [0.2, 0.25) is 0 Å². The molecule has 9 heteroatoms. The molecule has 9 nitrogen and oxygen atoms in total. The quantitative estimate of drug-likeness (QED) is 0.435.